The Kier molecular flexibility index (Phi) is 5.91. The number of hydrogen-bond acceptors (Lipinski definition) is 4. The van der Waals surface area contributed by atoms with E-state index in [0.29, 0.717) is 29.1 Å². The minimum Gasteiger partial charge on any atom is -0.489 e. The number of benzene rings is 3. The lowest BCUT2D eigenvalue weighted by molar-refractivity contribution is 0.306. The Labute approximate surface area is 183 Å². The molecule has 0 unspecified atom stereocenters. The summed E-state index contributed by atoms with van der Waals surface area (Å²) < 4.78 is 18.5. The highest BCUT2D eigenvalue weighted by atomic mass is 79.9. The van der Waals surface area contributed by atoms with Crippen molar-refractivity contribution in [1.29, 1.82) is 0 Å². The van der Waals surface area contributed by atoms with Crippen LogP contribution in [0.4, 0.5) is 0 Å². The molecule has 4 rings (SSSR count). The van der Waals surface area contributed by atoms with Gasteiger partial charge in [0, 0.05) is 10.5 Å². The van der Waals surface area contributed by atoms with Gasteiger partial charge in [-0.25, -0.2) is 0 Å². The molecule has 0 atom stereocenters. The molecule has 1 aromatic heterocycles. The molecule has 30 heavy (non-hydrogen) atoms. The third-order valence-corrected chi connectivity index (χ3v) is 5.26. The second kappa shape index (κ2) is 8.76. The van der Waals surface area contributed by atoms with Crippen LogP contribution < -0.4 is 14.9 Å². The predicted molar refractivity (Wildman–Crippen MR) is 122 cm³/mol. The lowest BCUT2D eigenvalue weighted by Crippen LogP contribution is -2.06. The largest absolute Gasteiger partial charge is 0.489 e. The molecule has 3 aromatic carbocycles. The molecule has 152 valence electrons. The molecule has 0 saturated heterocycles. The molecule has 4 aromatic rings. The van der Waals surface area contributed by atoms with Crippen molar-refractivity contribution in [1.82, 2.24) is 0 Å². The van der Waals surface area contributed by atoms with E-state index >= 15 is 0 Å². The number of rotatable bonds is 6. The quantitative estimate of drug-likeness (QED) is 0.306. The van der Waals surface area contributed by atoms with Gasteiger partial charge in [-0.05, 0) is 47.4 Å². The van der Waals surface area contributed by atoms with Gasteiger partial charge in [-0.15, -0.1) is 0 Å². The minimum atomic E-state index is -0.214. The fourth-order valence-corrected chi connectivity index (χ4v) is 3.66. The monoisotopic (exact) mass is 464 g/mol. The maximum Gasteiger partial charge on any atom is 0.235 e. The summed E-state index contributed by atoms with van der Waals surface area (Å²) in [6, 6.07) is 20.8. The maximum atomic E-state index is 12.9. The third kappa shape index (κ3) is 4.41. The predicted octanol–water partition coefficient (Wildman–Crippen LogP) is 7.05. The average molecular weight is 465 g/mol. The van der Waals surface area contributed by atoms with Crippen LogP contribution in [-0.2, 0) is 6.61 Å². The first-order chi connectivity index (χ1) is 14.5. The topological polar surface area (TPSA) is 48.7 Å². The maximum absolute atomic E-state index is 12.9. The van der Waals surface area contributed by atoms with Crippen LogP contribution in [-0.4, -0.2) is 0 Å². The molecule has 0 aliphatic carbocycles. The van der Waals surface area contributed by atoms with E-state index in [1.54, 1.807) is 18.2 Å². The molecule has 0 aliphatic heterocycles. The van der Waals surface area contributed by atoms with Crippen LogP contribution in [0.25, 0.3) is 11.0 Å². The van der Waals surface area contributed by atoms with Crippen LogP contribution >= 0.6 is 15.9 Å². The Hall–Kier alpha value is -3.05. The van der Waals surface area contributed by atoms with Gasteiger partial charge in [0.15, 0.2) is 0 Å². The first-order valence-electron chi connectivity index (χ1n) is 9.71. The van der Waals surface area contributed by atoms with E-state index in [4.69, 9.17) is 13.9 Å². The molecule has 0 aliphatic rings. The first-order valence-corrected chi connectivity index (χ1v) is 10.5. The van der Waals surface area contributed by atoms with Gasteiger partial charge in [-0.1, -0.05) is 60.1 Å². The van der Waals surface area contributed by atoms with Gasteiger partial charge >= 0.3 is 0 Å². The summed E-state index contributed by atoms with van der Waals surface area (Å²) in [5.74, 6) is 1.73. The summed E-state index contributed by atoms with van der Waals surface area (Å²) in [5, 5.41) is 0.448. The summed E-state index contributed by atoms with van der Waals surface area (Å²) in [6.45, 7) is 4.59. The van der Waals surface area contributed by atoms with E-state index in [-0.39, 0.29) is 17.1 Å². The molecule has 0 N–H and O–H groups in total. The van der Waals surface area contributed by atoms with Crippen LogP contribution in [0.15, 0.2) is 86.7 Å². The van der Waals surface area contributed by atoms with Gasteiger partial charge < -0.3 is 13.9 Å². The zero-order valence-electron chi connectivity index (χ0n) is 16.7. The Bertz CT molecular complexity index is 1240. The summed E-state index contributed by atoms with van der Waals surface area (Å²) in [5.41, 5.74) is 2.32. The summed E-state index contributed by atoms with van der Waals surface area (Å²) >= 11 is 3.45. The number of hydrogen-bond donors (Lipinski definition) is 0. The number of fused-ring (bicyclic) bond motifs is 1. The summed E-state index contributed by atoms with van der Waals surface area (Å²) in [7, 11) is 0. The Morgan fingerprint density at radius 2 is 1.80 bits per heavy atom. The van der Waals surface area contributed by atoms with E-state index in [0.717, 1.165) is 15.6 Å². The Morgan fingerprint density at radius 1 is 0.967 bits per heavy atom. The summed E-state index contributed by atoms with van der Waals surface area (Å²) in [6.07, 6.45) is 1.36. The fourth-order valence-electron chi connectivity index (χ4n) is 3.21. The zero-order chi connectivity index (χ0) is 21.1. The van der Waals surface area contributed by atoms with Crippen molar-refractivity contribution in [3.63, 3.8) is 0 Å². The van der Waals surface area contributed by atoms with Gasteiger partial charge in [0.2, 0.25) is 11.2 Å². The van der Waals surface area contributed by atoms with Crippen LogP contribution in [0.2, 0.25) is 0 Å². The molecule has 1 heterocycles. The van der Waals surface area contributed by atoms with Crippen molar-refractivity contribution in [2.24, 2.45) is 0 Å². The third-order valence-electron chi connectivity index (χ3n) is 4.77. The molecule has 0 saturated carbocycles. The van der Waals surface area contributed by atoms with Crippen molar-refractivity contribution in [3.05, 3.63) is 98.8 Å². The average Bonchev–Trinajstić information content (AvgIpc) is 2.74. The van der Waals surface area contributed by atoms with Crippen molar-refractivity contribution in [2.45, 2.75) is 26.4 Å². The van der Waals surface area contributed by atoms with E-state index in [1.807, 2.05) is 48.5 Å². The SMILES string of the molecule is CC(C)c1ccccc1Oc1coc2cc(OCc3cccc(Br)c3)ccc2c1=O. The normalized spacial score (nSPS) is 11.1. The fraction of sp³-hybridized carbons (Fsp3) is 0.160. The van der Waals surface area contributed by atoms with Crippen LogP contribution in [0.1, 0.15) is 30.9 Å². The number of halogens is 1. The minimum absolute atomic E-state index is 0.165. The van der Waals surface area contributed by atoms with E-state index in [2.05, 4.69) is 29.8 Å². The molecule has 4 nitrogen and oxygen atoms in total. The number of para-hydroxylation sites is 1. The van der Waals surface area contributed by atoms with Crippen LogP contribution in [0.5, 0.6) is 17.2 Å². The van der Waals surface area contributed by atoms with Crippen molar-refractivity contribution in [3.8, 4) is 17.2 Å². The molecule has 0 radical (unpaired) electrons. The lowest BCUT2D eigenvalue weighted by atomic mass is 10.0. The Balaban J connectivity index is 1.58. The van der Waals surface area contributed by atoms with Gasteiger partial charge in [0.1, 0.15) is 30.0 Å². The molecular weight excluding hydrogens is 444 g/mol. The standard InChI is InChI=1S/C25H21BrO4/c1-16(2)20-8-3-4-9-22(20)30-24-15-29-23-13-19(10-11-21(23)25(24)27)28-14-17-6-5-7-18(26)12-17/h3-13,15-16H,14H2,1-2H3. The van der Waals surface area contributed by atoms with Crippen molar-refractivity contribution < 1.29 is 13.9 Å². The lowest BCUT2D eigenvalue weighted by Gasteiger charge is -2.13. The summed E-state index contributed by atoms with van der Waals surface area (Å²) in [4.78, 5) is 12.9. The van der Waals surface area contributed by atoms with Gasteiger partial charge in [0.25, 0.3) is 0 Å². The van der Waals surface area contributed by atoms with Gasteiger partial charge in [-0.2, -0.15) is 0 Å². The van der Waals surface area contributed by atoms with Gasteiger partial charge in [0.05, 0.1) is 5.39 Å². The molecular formula is C25H21BrO4. The van der Waals surface area contributed by atoms with Gasteiger partial charge in [-0.3, -0.25) is 4.79 Å². The molecule has 0 fully saturated rings. The highest BCUT2D eigenvalue weighted by Gasteiger charge is 2.13. The van der Waals surface area contributed by atoms with E-state index < -0.39 is 0 Å². The first kappa shape index (κ1) is 20.2. The van der Waals surface area contributed by atoms with Crippen LogP contribution in [0.3, 0.4) is 0 Å². The van der Waals surface area contributed by atoms with Crippen molar-refractivity contribution >= 4 is 26.9 Å². The highest BCUT2D eigenvalue weighted by molar-refractivity contribution is 9.10. The van der Waals surface area contributed by atoms with E-state index in [1.165, 1.54) is 6.26 Å². The highest BCUT2D eigenvalue weighted by Crippen LogP contribution is 2.30. The van der Waals surface area contributed by atoms with E-state index in [9.17, 15) is 4.79 Å². The molecule has 0 amide bonds. The molecule has 0 bridgehead atoms. The molecule has 5 heteroatoms. The number of ether oxygens (including phenoxy) is 2. The second-order valence-corrected chi connectivity index (χ2v) is 8.22. The Morgan fingerprint density at radius 3 is 2.60 bits per heavy atom. The smallest absolute Gasteiger partial charge is 0.235 e. The second-order valence-electron chi connectivity index (χ2n) is 7.30. The van der Waals surface area contributed by atoms with Crippen LogP contribution in [0, 0.1) is 0 Å². The molecule has 0 spiro atoms. The zero-order valence-corrected chi connectivity index (χ0v) is 18.3. The van der Waals surface area contributed by atoms with Crippen molar-refractivity contribution in [2.75, 3.05) is 0 Å².